The minimum atomic E-state index is -0.698. The van der Waals surface area contributed by atoms with Crippen LogP contribution in [0.4, 0.5) is 4.39 Å². The van der Waals surface area contributed by atoms with E-state index in [4.69, 9.17) is 4.74 Å². The maximum absolute atomic E-state index is 13.2. The molecule has 0 fully saturated rings. The molecule has 1 N–H and O–H groups in total. The largest absolute Gasteiger partial charge is 0.487 e. The molecule has 1 heterocycles. The molecule has 0 aliphatic carbocycles. The lowest BCUT2D eigenvalue weighted by atomic mass is 9.96. The highest BCUT2D eigenvalue weighted by Crippen LogP contribution is 2.40. The van der Waals surface area contributed by atoms with Gasteiger partial charge in [-0.1, -0.05) is 30.3 Å². The van der Waals surface area contributed by atoms with Crippen LogP contribution < -0.4 is 4.74 Å². The predicted molar refractivity (Wildman–Crippen MR) is 79.9 cm³/mol. The molecular formula is C18H19FO2. The van der Waals surface area contributed by atoms with Crippen molar-refractivity contribution in [3.8, 4) is 5.75 Å². The van der Waals surface area contributed by atoms with Crippen LogP contribution in [0.15, 0.2) is 42.5 Å². The zero-order valence-corrected chi connectivity index (χ0v) is 12.3. The average molecular weight is 286 g/mol. The third-order valence-corrected chi connectivity index (χ3v) is 3.80. The molecule has 0 bridgehead atoms. The van der Waals surface area contributed by atoms with Gasteiger partial charge in [0.2, 0.25) is 0 Å². The first-order chi connectivity index (χ1) is 9.94. The van der Waals surface area contributed by atoms with E-state index in [1.165, 1.54) is 12.1 Å². The molecular weight excluding hydrogens is 267 g/mol. The van der Waals surface area contributed by atoms with Crippen LogP contribution in [0.5, 0.6) is 5.75 Å². The standard InChI is InChI=1S/C18H19FO2/c1-18(2)11-13-6-4-8-15(17(13)21-18)16(20)10-12-5-3-7-14(19)9-12/h3-9,16,20H,10-11H2,1-2H3. The van der Waals surface area contributed by atoms with Gasteiger partial charge in [0, 0.05) is 18.4 Å². The van der Waals surface area contributed by atoms with E-state index in [0.29, 0.717) is 6.42 Å². The Morgan fingerprint density at radius 1 is 1.24 bits per heavy atom. The number of hydrogen-bond acceptors (Lipinski definition) is 2. The Hall–Kier alpha value is -1.87. The van der Waals surface area contributed by atoms with Crippen molar-refractivity contribution in [1.82, 2.24) is 0 Å². The fourth-order valence-electron chi connectivity index (χ4n) is 2.90. The minimum Gasteiger partial charge on any atom is -0.487 e. The van der Waals surface area contributed by atoms with Crippen LogP contribution in [-0.2, 0) is 12.8 Å². The van der Waals surface area contributed by atoms with Gasteiger partial charge >= 0.3 is 0 Å². The van der Waals surface area contributed by atoms with Gasteiger partial charge in [-0.15, -0.1) is 0 Å². The summed E-state index contributed by atoms with van der Waals surface area (Å²) in [4.78, 5) is 0. The van der Waals surface area contributed by atoms with E-state index in [9.17, 15) is 9.50 Å². The zero-order valence-electron chi connectivity index (χ0n) is 12.3. The molecule has 1 atom stereocenters. The summed E-state index contributed by atoms with van der Waals surface area (Å²) in [6, 6.07) is 12.2. The Kier molecular flexibility index (Phi) is 3.46. The first-order valence-corrected chi connectivity index (χ1v) is 7.18. The third-order valence-electron chi connectivity index (χ3n) is 3.80. The molecule has 0 saturated carbocycles. The molecule has 1 unspecified atom stereocenters. The first kappa shape index (κ1) is 14.1. The van der Waals surface area contributed by atoms with Gasteiger partial charge in [-0.2, -0.15) is 0 Å². The highest BCUT2D eigenvalue weighted by atomic mass is 19.1. The van der Waals surface area contributed by atoms with Gasteiger partial charge in [-0.3, -0.25) is 0 Å². The van der Waals surface area contributed by atoms with Crippen molar-refractivity contribution < 1.29 is 14.2 Å². The minimum absolute atomic E-state index is 0.239. The van der Waals surface area contributed by atoms with Gasteiger partial charge in [0.05, 0.1) is 6.10 Å². The second-order valence-electron chi connectivity index (χ2n) is 6.22. The lowest BCUT2D eigenvalue weighted by Gasteiger charge is -2.20. The maximum Gasteiger partial charge on any atom is 0.129 e. The summed E-state index contributed by atoms with van der Waals surface area (Å²) in [5.41, 5.74) is 2.44. The molecule has 0 spiro atoms. The number of para-hydroxylation sites is 1. The Balaban J connectivity index is 1.87. The van der Waals surface area contributed by atoms with Crippen molar-refractivity contribution in [2.45, 2.75) is 38.4 Å². The van der Waals surface area contributed by atoms with Gasteiger partial charge in [0.1, 0.15) is 17.2 Å². The molecule has 3 heteroatoms. The lowest BCUT2D eigenvalue weighted by molar-refractivity contribution is 0.126. The van der Waals surface area contributed by atoms with Gasteiger partial charge in [-0.05, 0) is 37.1 Å². The van der Waals surface area contributed by atoms with E-state index in [-0.39, 0.29) is 11.4 Å². The van der Waals surface area contributed by atoms with E-state index in [0.717, 1.165) is 28.9 Å². The Bertz CT molecular complexity index is 664. The molecule has 2 aromatic carbocycles. The van der Waals surface area contributed by atoms with Crippen LogP contribution in [-0.4, -0.2) is 10.7 Å². The summed E-state index contributed by atoms with van der Waals surface area (Å²) < 4.78 is 19.2. The second-order valence-corrected chi connectivity index (χ2v) is 6.22. The lowest BCUT2D eigenvalue weighted by Crippen LogP contribution is -2.25. The van der Waals surface area contributed by atoms with E-state index < -0.39 is 6.10 Å². The van der Waals surface area contributed by atoms with E-state index in [1.807, 2.05) is 38.1 Å². The normalized spacial score (nSPS) is 17.1. The Morgan fingerprint density at radius 3 is 2.76 bits per heavy atom. The van der Waals surface area contributed by atoms with Gasteiger partial charge in [0.25, 0.3) is 0 Å². The summed E-state index contributed by atoms with van der Waals surface area (Å²) >= 11 is 0. The monoisotopic (exact) mass is 286 g/mol. The fraction of sp³-hybridized carbons (Fsp3) is 0.333. The van der Waals surface area contributed by atoms with Crippen LogP contribution in [0.2, 0.25) is 0 Å². The van der Waals surface area contributed by atoms with Crippen molar-refractivity contribution in [2.24, 2.45) is 0 Å². The topological polar surface area (TPSA) is 29.5 Å². The number of benzene rings is 2. The number of hydrogen-bond donors (Lipinski definition) is 1. The predicted octanol–water partition coefficient (Wildman–Crippen LogP) is 3.82. The Labute approximate surface area is 124 Å². The van der Waals surface area contributed by atoms with Gasteiger partial charge in [-0.25, -0.2) is 4.39 Å². The molecule has 21 heavy (non-hydrogen) atoms. The maximum atomic E-state index is 13.2. The van der Waals surface area contributed by atoms with E-state index >= 15 is 0 Å². The summed E-state index contributed by atoms with van der Waals surface area (Å²) in [5, 5.41) is 10.5. The summed E-state index contributed by atoms with van der Waals surface area (Å²) in [6.07, 6.45) is 0.511. The third kappa shape index (κ3) is 2.93. The number of aliphatic hydroxyl groups excluding tert-OH is 1. The van der Waals surface area contributed by atoms with Crippen LogP contribution in [0.3, 0.4) is 0 Å². The van der Waals surface area contributed by atoms with Crippen LogP contribution in [0.1, 0.15) is 36.6 Å². The number of halogens is 1. The molecule has 0 radical (unpaired) electrons. The molecule has 0 aromatic heterocycles. The van der Waals surface area contributed by atoms with E-state index in [2.05, 4.69) is 0 Å². The second kappa shape index (κ2) is 5.15. The number of ether oxygens (including phenoxy) is 1. The molecule has 0 amide bonds. The molecule has 2 aromatic rings. The van der Waals surface area contributed by atoms with Gasteiger partial charge < -0.3 is 9.84 Å². The van der Waals surface area contributed by atoms with Crippen LogP contribution in [0.25, 0.3) is 0 Å². The molecule has 1 aliphatic rings. The highest BCUT2D eigenvalue weighted by molar-refractivity contribution is 5.47. The fourth-order valence-corrected chi connectivity index (χ4v) is 2.90. The van der Waals surface area contributed by atoms with E-state index in [1.54, 1.807) is 6.07 Å². The quantitative estimate of drug-likeness (QED) is 0.929. The summed E-state index contributed by atoms with van der Waals surface area (Å²) in [6.45, 7) is 4.07. The van der Waals surface area contributed by atoms with Crippen LogP contribution >= 0.6 is 0 Å². The van der Waals surface area contributed by atoms with Crippen molar-refractivity contribution >= 4 is 0 Å². The number of aliphatic hydroxyl groups is 1. The molecule has 1 aliphatic heterocycles. The Morgan fingerprint density at radius 2 is 2.00 bits per heavy atom. The first-order valence-electron chi connectivity index (χ1n) is 7.18. The van der Waals surface area contributed by atoms with Crippen molar-refractivity contribution in [2.75, 3.05) is 0 Å². The average Bonchev–Trinajstić information content (AvgIpc) is 2.72. The zero-order chi connectivity index (χ0) is 15.0. The SMILES string of the molecule is CC1(C)Cc2cccc(C(O)Cc3cccc(F)c3)c2O1. The van der Waals surface area contributed by atoms with Crippen molar-refractivity contribution in [3.63, 3.8) is 0 Å². The van der Waals surface area contributed by atoms with Gasteiger partial charge in [0.15, 0.2) is 0 Å². The summed E-state index contributed by atoms with van der Waals surface area (Å²) in [5.74, 6) is 0.502. The molecule has 2 nitrogen and oxygen atoms in total. The number of fused-ring (bicyclic) bond motifs is 1. The molecule has 0 saturated heterocycles. The molecule has 3 rings (SSSR count). The highest BCUT2D eigenvalue weighted by Gasteiger charge is 2.32. The van der Waals surface area contributed by atoms with Crippen molar-refractivity contribution in [1.29, 1.82) is 0 Å². The van der Waals surface area contributed by atoms with Crippen LogP contribution in [0, 0.1) is 5.82 Å². The summed E-state index contributed by atoms with van der Waals surface area (Å²) in [7, 11) is 0. The van der Waals surface area contributed by atoms with Crippen molar-refractivity contribution in [3.05, 3.63) is 65.0 Å². The molecule has 110 valence electrons. The smallest absolute Gasteiger partial charge is 0.129 e. The number of rotatable bonds is 3.